The molecule has 20 heavy (non-hydrogen) atoms. The topological polar surface area (TPSA) is 30.5 Å². The summed E-state index contributed by atoms with van der Waals surface area (Å²) in [6, 6.07) is 0.307. The van der Waals surface area contributed by atoms with Gasteiger partial charge in [0.2, 0.25) is 0 Å². The Bertz CT molecular complexity index is 317. The Morgan fingerprint density at radius 3 is 2.10 bits per heavy atom. The number of nitrogens with one attached hydrogen (secondary N) is 1. The van der Waals surface area contributed by atoms with Crippen molar-refractivity contribution >= 4 is 0 Å². The van der Waals surface area contributed by atoms with Crippen LogP contribution in [-0.4, -0.2) is 37.0 Å². The highest BCUT2D eigenvalue weighted by molar-refractivity contribution is 5.03. The average Bonchev–Trinajstić information content (AvgIpc) is 2.44. The molecule has 1 fully saturated rings. The molecule has 0 aromatic rings. The van der Waals surface area contributed by atoms with Crippen LogP contribution >= 0.6 is 0 Å². The molecule has 1 aliphatic rings. The highest BCUT2D eigenvalue weighted by atomic mass is 16.5. The molecule has 3 atom stereocenters. The Morgan fingerprint density at radius 1 is 1.25 bits per heavy atom. The van der Waals surface area contributed by atoms with Crippen molar-refractivity contribution in [2.24, 2.45) is 11.3 Å². The Labute approximate surface area is 125 Å². The maximum absolute atomic E-state index is 6.29. The van der Waals surface area contributed by atoms with Gasteiger partial charge < -0.3 is 14.8 Å². The monoisotopic (exact) mass is 285 g/mol. The van der Waals surface area contributed by atoms with Crippen LogP contribution in [-0.2, 0) is 9.47 Å². The first-order valence-electron chi connectivity index (χ1n) is 7.91. The third-order valence-electron chi connectivity index (χ3n) is 4.45. The second-order valence-electron chi connectivity index (χ2n) is 8.38. The molecule has 0 aromatic carbocycles. The summed E-state index contributed by atoms with van der Waals surface area (Å²) in [5.41, 5.74) is -0.0826. The van der Waals surface area contributed by atoms with Gasteiger partial charge in [-0.05, 0) is 46.1 Å². The van der Waals surface area contributed by atoms with Crippen LogP contribution in [0.25, 0.3) is 0 Å². The van der Waals surface area contributed by atoms with E-state index >= 15 is 0 Å². The van der Waals surface area contributed by atoms with E-state index in [0.29, 0.717) is 12.0 Å². The molecule has 0 amide bonds. The van der Waals surface area contributed by atoms with Crippen LogP contribution in [0.4, 0.5) is 0 Å². The lowest BCUT2D eigenvalue weighted by molar-refractivity contribution is -0.0923. The molecule has 0 saturated carbocycles. The molecule has 3 heteroatoms. The van der Waals surface area contributed by atoms with Crippen LogP contribution in [0.1, 0.15) is 61.8 Å². The first kappa shape index (κ1) is 17.9. The minimum Gasteiger partial charge on any atom is -0.379 e. The van der Waals surface area contributed by atoms with Crippen LogP contribution in [0.3, 0.4) is 0 Å². The molecular formula is C17H35NO2. The summed E-state index contributed by atoms with van der Waals surface area (Å²) < 4.78 is 12.2. The molecule has 0 radical (unpaired) electrons. The second-order valence-corrected chi connectivity index (χ2v) is 8.38. The van der Waals surface area contributed by atoms with Gasteiger partial charge in [-0.25, -0.2) is 0 Å². The first-order chi connectivity index (χ1) is 8.94. The summed E-state index contributed by atoms with van der Waals surface area (Å²) in [4.78, 5) is 0. The van der Waals surface area contributed by atoms with Gasteiger partial charge in [-0.2, -0.15) is 0 Å². The largest absolute Gasteiger partial charge is 0.379 e. The van der Waals surface area contributed by atoms with Crippen LogP contribution in [0.15, 0.2) is 0 Å². The maximum Gasteiger partial charge on any atom is 0.0776 e. The highest BCUT2D eigenvalue weighted by Crippen LogP contribution is 2.46. The predicted molar refractivity (Wildman–Crippen MR) is 85.1 cm³/mol. The van der Waals surface area contributed by atoms with E-state index < -0.39 is 0 Å². The smallest absolute Gasteiger partial charge is 0.0776 e. The summed E-state index contributed by atoms with van der Waals surface area (Å²) in [5, 5.41) is 3.67. The van der Waals surface area contributed by atoms with Crippen LogP contribution in [0.5, 0.6) is 0 Å². The van der Waals surface area contributed by atoms with Gasteiger partial charge in [0, 0.05) is 19.1 Å². The van der Waals surface area contributed by atoms with Crippen molar-refractivity contribution in [1.29, 1.82) is 0 Å². The molecule has 0 aliphatic carbocycles. The maximum atomic E-state index is 6.29. The van der Waals surface area contributed by atoms with Gasteiger partial charge >= 0.3 is 0 Å². The van der Waals surface area contributed by atoms with Gasteiger partial charge in [-0.3, -0.25) is 0 Å². The molecule has 0 spiro atoms. The molecule has 3 unspecified atom stereocenters. The summed E-state index contributed by atoms with van der Waals surface area (Å²) in [6.07, 6.45) is 1.23. The standard InChI is InChI=1S/C17H35NO2/c1-10-18-13(14(19-9)15(2,3)4)12-11-16(5,6)20-17(12,7)8/h12-14,18H,10-11H2,1-9H3. The van der Waals surface area contributed by atoms with Gasteiger partial charge in [0.05, 0.1) is 17.3 Å². The van der Waals surface area contributed by atoms with E-state index in [1.807, 2.05) is 7.11 Å². The number of ether oxygens (including phenoxy) is 2. The summed E-state index contributed by atoms with van der Waals surface area (Å²) in [7, 11) is 1.83. The minimum atomic E-state index is -0.127. The first-order valence-corrected chi connectivity index (χ1v) is 7.91. The van der Waals surface area contributed by atoms with Gasteiger partial charge in [0.1, 0.15) is 0 Å². The van der Waals surface area contributed by atoms with E-state index in [2.05, 4.69) is 60.7 Å². The van der Waals surface area contributed by atoms with Crippen molar-refractivity contribution in [3.05, 3.63) is 0 Å². The summed E-state index contributed by atoms with van der Waals surface area (Å²) in [6.45, 7) is 18.7. The summed E-state index contributed by atoms with van der Waals surface area (Å²) in [5.74, 6) is 0.446. The van der Waals surface area contributed by atoms with Crippen molar-refractivity contribution in [3.8, 4) is 0 Å². The minimum absolute atomic E-state index is 0.0575. The highest BCUT2D eigenvalue weighted by Gasteiger charge is 2.52. The van der Waals surface area contributed by atoms with E-state index in [0.717, 1.165) is 13.0 Å². The number of likely N-dealkylation sites (N-methyl/N-ethyl adjacent to an activating group) is 1. The van der Waals surface area contributed by atoms with E-state index in [4.69, 9.17) is 9.47 Å². The van der Waals surface area contributed by atoms with Crippen molar-refractivity contribution in [3.63, 3.8) is 0 Å². The van der Waals surface area contributed by atoms with Crippen LogP contribution < -0.4 is 5.32 Å². The van der Waals surface area contributed by atoms with Crippen LogP contribution in [0, 0.1) is 11.3 Å². The number of methoxy groups -OCH3 is 1. The zero-order chi connectivity index (χ0) is 15.8. The fraction of sp³-hybridized carbons (Fsp3) is 1.00. The lowest BCUT2D eigenvalue weighted by Crippen LogP contribution is -2.55. The van der Waals surface area contributed by atoms with Crippen LogP contribution in [0.2, 0.25) is 0 Å². The SMILES string of the molecule is CCNC(C(OC)C(C)(C)C)C1CC(C)(C)OC1(C)C. The quantitative estimate of drug-likeness (QED) is 0.837. The van der Waals surface area contributed by atoms with Gasteiger partial charge in [0.15, 0.2) is 0 Å². The van der Waals surface area contributed by atoms with Crippen molar-refractivity contribution in [2.45, 2.75) is 85.2 Å². The zero-order valence-electron chi connectivity index (χ0n) is 15.0. The lowest BCUT2D eigenvalue weighted by Gasteiger charge is -2.42. The molecule has 3 nitrogen and oxygen atoms in total. The summed E-state index contributed by atoms with van der Waals surface area (Å²) >= 11 is 0. The number of hydrogen-bond acceptors (Lipinski definition) is 3. The van der Waals surface area contributed by atoms with Gasteiger partial charge in [-0.1, -0.05) is 27.7 Å². The Balaban J connectivity index is 3.07. The van der Waals surface area contributed by atoms with E-state index in [-0.39, 0.29) is 22.7 Å². The predicted octanol–water partition coefficient (Wildman–Crippen LogP) is 3.62. The van der Waals surface area contributed by atoms with E-state index in [1.54, 1.807) is 0 Å². The molecule has 1 rings (SSSR count). The van der Waals surface area contributed by atoms with Crippen molar-refractivity contribution in [2.75, 3.05) is 13.7 Å². The van der Waals surface area contributed by atoms with Gasteiger partial charge in [0.25, 0.3) is 0 Å². The van der Waals surface area contributed by atoms with E-state index in [9.17, 15) is 0 Å². The van der Waals surface area contributed by atoms with E-state index in [1.165, 1.54) is 0 Å². The lowest BCUT2D eigenvalue weighted by atomic mass is 9.73. The average molecular weight is 285 g/mol. The zero-order valence-corrected chi connectivity index (χ0v) is 15.0. The third kappa shape index (κ3) is 3.96. The molecule has 1 saturated heterocycles. The fourth-order valence-corrected chi connectivity index (χ4v) is 3.90. The van der Waals surface area contributed by atoms with Crippen molar-refractivity contribution < 1.29 is 9.47 Å². The van der Waals surface area contributed by atoms with Gasteiger partial charge in [-0.15, -0.1) is 0 Å². The molecule has 120 valence electrons. The fourth-order valence-electron chi connectivity index (χ4n) is 3.90. The molecule has 1 N–H and O–H groups in total. The Hall–Kier alpha value is -0.120. The molecule has 1 aliphatic heterocycles. The molecular weight excluding hydrogens is 250 g/mol. The number of rotatable bonds is 5. The normalized spacial score (nSPS) is 28.4. The molecule has 1 heterocycles. The Morgan fingerprint density at radius 2 is 1.80 bits per heavy atom. The number of hydrogen-bond donors (Lipinski definition) is 1. The molecule has 0 bridgehead atoms. The second kappa shape index (κ2) is 5.94. The van der Waals surface area contributed by atoms with Crippen molar-refractivity contribution in [1.82, 2.24) is 5.32 Å². The Kier molecular flexibility index (Phi) is 5.32. The molecule has 0 aromatic heterocycles. The third-order valence-corrected chi connectivity index (χ3v) is 4.45.